The highest BCUT2D eigenvalue weighted by molar-refractivity contribution is 5.44. The summed E-state index contributed by atoms with van der Waals surface area (Å²) in [6.45, 7) is 11.1. The van der Waals surface area contributed by atoms with Crippen molar-refractivity contribution >= 4 is 6.72 Å². The van der Waals surface area contributed by atoms with Gasteiger partial charge >= 0.3 is 0 Å². The number of nitrogens with zero attached hydrogens (tertiary/aromatic N) is 1. The van der Waals surface area contributed by atoms with Crippen LogP contribution >= 0.6 is 0 Å². The molecule has 0 aromatic carbocycles. The van der Waals surface area contributed by atoms with Crippen LogP contribution in [-0.4, -0.2) is 6.72 Å². The lowest BCUT2D eigenvalue weighted by Gasteiger charge is -1.98. The molecule has 0 aliphatic rings. The third kappa shape index (κ3) is 3.15. The lowest BCUT2D eigenvalue weighted by atomic mass is 10.1. The second-order valence-corrected chi connectivity index (χ2v) is 2.18. The van der Waals surface area contributed by atoms with Crippen LogP contribution in [-0.2, 0) is 0 Å². The number of rotatable bonds is 4. The molecule has 0 N–H and O–H groups in total. The van der Waals surface area contributed by atoms with Gasteiger partial charge in [-0.15, -0.1) is 0 Å². The first-order valence-corrected chi connectivity index (χ1v) is 3.89. The van der Waals surface area contributed by atoms with Crippen molar-refractivity contribution in [3.8, 4) is 0 Å². The average Bonchev–Trinajstić information content (AvgIpc) is 2.12. The smallest absolute Gasteiger partial charge is 0.0651 e. The van der Waals surface area contributed by atoms with E-state index in [4.69, 9.17) is 0 Å². The number of allylic oxidation sites excluding steroid dienone is 5. The van der Waals surface area contributed by atoms with Crippen molar-refractivity contribution in [3.05, 3.63) is 48.2 Å². The van der Waals surface area contributed by atoms with Crippen molar-refractivity contribution < 1.29 is 0 Å². The van der Waals surface area contributed by atoms with Gasteiger partial charge < -0.3 is 0 Å². The molecule has 1 nitrogen and oxygen atoms in total. The van der Waals surface area contributed by atoms with Gasteiger partial charge in [0.25, 0.3) is 0 Å². The van der Waals surface area contributed by atoms with E-state index >= 15 is 0 Å². The molecule has 0 saturated carbocycles. The first kappa shape index (κ1) is 10.6. The van der Waals surface area contributed by atoms with E-state index in [1.54, 1.807) is 6.08 Å². The molecule has 0 aliphatic heterocycles. The Balaban J connectivity index is 4.76. The maximum absolute atomic E-state index is 3.87. The van der Waals surface area contributed by atoms with E-state index in [0.29, 0.717) is 0 Å². The molecule has 0 fully saturated rings. The molecule has 0 radical (unpaired) electrons. The normalized spacial score (nSPS) is 13.5. The third-order valence-electron chi connectivity index (χ3n) is 1.43. The summed E-state index contributed by atoms with van der Waals surface area (Å²) in [7, 11) is 0. The van der Waals surface area contributed by atoms with Gasteiger partial charge in [-0.05, 0) is 26.1 Å². The molecule has 0 aromatic heterocycles. The van der Waals surface area contributed by atoms with E-state index in [2.05, 4.69) is 18.3 Å². The second kappa shape index (κ2) is 6.35. The Morgan fingerprint density at radius 2 is 2.00 bits per heavy atom. The van der Waals surface area contributed by atoms with Crippen LogP contribution < -0.4 is 0 Å². The van der Waals surface area contributed by atoms with Crippen LogP contribution in [0.1, 0.15) is 13.8 Å². The van der Waals surface area contributed by atoms with Gasteiger partial charge in [0.1, 0.15) is 0 Å². The molecule has 12 heavy (non-hydrogen) atoms. The van der Waals surface area contributed by atoms with E-state index in [1.807, 2.05) is 38.2 Å². The minimum Gasteiger partial charge on any atom is -0.264 e. The lowest BCUT2D eigenvalue weighted by Crippen LogP contribution is -1.80. The van der Waals surface area contributed by atoms with Crippen LogP contribution in [0.25, 0.3) is 0 Å². The molecule has 64 valence electrons. The van der Waals surface area contributed by atoms with Gasteiger partial charge in [0.05, 0.1) is 5.70 Å². The molecule has 0 unspecified atom stereocenters. The van der Waals surface area contributed by atoms with E-state index in [1.165, 1.54) is 0 Å². The molecule has 0 aromatic rings. The summed E-state index contributed by atoms with van der Waals surface area (Å²) in [5, 5.41) is 0. The Kier molecular flexibility index (Phi) is 5.62. The highest BCUT2D eigenvalue weighted by atomic mass is 14.7. The minimum atomic E-state index is 0.864. The molecule has 0 amide bonds. The molecule has 0 atom stereocenters. The summed E-state index contributed by atoms with van der Waals surface area (Å²) < 4.78 is 0. The van der Waals surface area contributed by atoms with Crippen molar-refractivity contribution in [2.45, 2.75) is 13.8 Å². The molecule has 0 saturated heterocycles. The van der Waals surface area contributed by atoms with Crippen LogP contribution in [0.2, 0.25) is 0 Å². The molecular weight excluding hydrogens is 146 g/mol. The van der Waals surface area contributed by atoms with Crippen molar-refractivity contribution in [2.24, 2.45) is 4.99 Å². The maximum atomic E-state index is 3.87. The predicted octanol–water partition coefficient (Wildman–Crippen LogP) is 3.28. The van der Waals surface area contributed by atoms with Gasteiger partial charge in [-0.3, -0.25) is 4.99 Å². The zero-order valence-electron chi connectivity index (χ0n) is 7.75. The van der Waals surface area contributed by atoms with Crippen LogP contribution in [0.5, 0.6) is 0 Å². The van der Waals surface area contributed by atoms with Crippen LogP contribution in [0.15, 0.2) is 53.2 Å². The summed E-state index contributed by atoms with van der Waals surface area (Å²) in [6.07, 6.45) is 9.54. The minimum absolute atomic E-state index is 0.864. The lowest BCUT2D eigenvalue weighted by molar-refractivity contribution is 1.34. The van der Waals surface area contributed by atoms with Crippen molar-refractivity contribution in [1.29, 1.82) is 0 Å². The SMILES string of the molecule is C=CC(=C/C=C\C)/C(=C\C)N=C. The quantitative estimate of drug-likeness (QED) is 0.443. The van der Waals surface area contributed by atoms with Gasteiger partial charge in [-0.25, -0.2) is 0 Å². The Morgan fingerprint density at radius 3 is 2.33 bits per heavy atom. The largest absolute Gasteiger partial charge is 0.264 e. The van der Waals surface area contributed by atoms with Gasteiger partial charge in [0, 0.05) is 0 Å². The van der Waals surface area contributed by atoms with Crippen molar-refractivity contribution in [2.75, 3.05) is 0 Å². The highest BCUT2D eigenvalue weighted by Gasteiger charge is 1.93. The summed E-state index contributed by atoms with van der Waals surface area (Å²) in [4.78, 5) is 3.87. The van der Waals surface area contributed by atoms with E-state index in [9.17, 15) is 0 Å². The number of hydrogen-bond acceptors (Lipinski definition) is 1. The monoisotopic (exact) mass is 161 g/mol. The highest BCUT2D eigenvalue weighted by Crippen LogP contribution is 2.11. The van der Waals surface area contributed by atoms with E-state index in [-0.39, 0.29) is 0 Å². The summed E-state index contributed by atoms with van der Waals surface area (Å²) in [5.41, 5.74) is 1.86. The topological polar surface area (TPSA) is 12.4 Å². The van der Waals surface area contributed by atoms with Crippen LogP contribution in [0, 0.1) is 0 Å². The van der Waals surface area contributed by atoms with Gasteiger partial charge in [0.2, 0.25) is 0 Å². The van der Waals surface area contributed by atoms with Crippen molar-refractivity contribution in [1.82, 2.24) is 0 Å². The van der Waals surface area contributed by atoms with Gasteiger partial charge in [-0.1, -0.05) is 37.0 Å². The van der Waals surface area contributed by atoms with Crippen LogP contribution in [0.4, 0.5) is 0 Å². The molecule has 0 rings (SSSR count). The van der Waals surface area contributed by atoms with E-state index < -0.39 is 0 Å². The molecule has 0 aliphatic carbocycles. The fraction of sp³-hybridized carbons (Fsp3) is 0.182. The zero-order chi connectivity index (χ0) is 9.40. The Hall–Kier alpha value is -1.37. The number of aliphatic imine (C=N–C) groups is 1. The first-order valence-electron chi connectivity index (χ1n) is 3.89. The molecule has 0 heterocycles. The second-order valence-electron chi connectivity index (χ2n) is 2.18. The summed E-state index contributed by atoms with van der Waals surface area (Å²) in [6, 6.07) is 0. The Bertz CT molecular complexity index is 242. The molecule has 0 spiro atoms. The van der Waals surface area contributed by atoms with Crippen LogP contribution in [0.3, 0.4) is 0 Å². The molecule has 0 bridgehead atoms. The summed E-state index contributed by atoms with van der Waals surface area (Å²) >= 11 is 0. The Labute approximate surface area is 74.5 Å². The van der Waals surface area contributed by atoms with Gasteiger partial charge in [0.15, 0.2) is 0 Å². The average molecular weight is 161 g/mol. The first-order chi connectivity index (χ1) is 5.79. The fourth-order valence-corrected chi connectivity index (χ4v) is 0.807. The molecular formula is C11H15N. The standard InChI is InChI=1S/C11H15N/c1-5-8-9-10(6-2)11(7-3)12-4/h5-9H,2,4H2,1,3H3/b8-5-,10-9-,11-7+. The Morgan fingerprint density at radius 1 is 1.33 bits per heavy atom. The fourth-order valence-electron chi connectivity index (χ4n) is 0.807. The number of hydrogen-bond donors (Lipinski definition) is 0. The zero-order valence-corrected chi connectivity index (χ0v) is 7.75. The predicted molar refractivity (Wildman–Crippen MR) is 56.4 cm³/mol. The van der Waals surface area contributed by atoms with Gasteiger partial charge in [-0.2, -0.15) is 0 Å². The van der Waals surface area contributed by atoms with E-state index in [0.717, 1.165) is 11.3 Å². The molecule has 1 heteroatoms. The maximum Gasteiger partial charge on any atom is 0.0651 e. The third-order valence-corrected chi connectivity index (χ3v) is 1.43. The summed E-state index contributed by atoms with van der Waals surface area (Å²) in [5.74, 6) is 0. The van der Waals surface area contributed by atoms with Crippen molar-refractivity contribution in [3.63, 3.8) is 0 Å².